The predicted molar refractivity (Wildman–Crippen MR) is 130 cm³/mol. The predicted octanol–water partition coefficient (Wildman–Crippen LogP) is 3.51. The normalized spacial score (nSPS) is 13.9. The van der Waals surface area contributed by atoms with Crippen molar-refractivity contribution in [2.75, 3.05) is 7.11 Å². The molecule has 3 aromatic rings. The van der Waals surface area contributed by atoms with Crippen molar-refractivity contribution in [3.05, 3.63) is 64.6 Å². The van der Waals surface area contributed by atoms with Crippen molar-refractivity contribution in [1.82, 2.24) is 15.2 Å². The molecule has 2 aromatic carbocycles. The van der Waals surface area contributed by atoms with Gasteiger partial charge in [-0.25, -0.2) is 9.18 Å². The van der Waals surface area contributed by atoms with Gasteiger partial charge < -0.3 is 21.1 Å². The van der Waals surface area contributed by atoms with E-state index >= 15 is 0 Å². The number of aromatic nitrogens is 1. The smallest absolute Gasteiger partial charge is 0.323 e. The van der Waals surface area contributed by atoms with Crippen LogP contribution in [0.1, 0.15) is 30.4 Å². The minimum atomic E-state index is -0.767. The zero-order chi connectivity index (χ0) is 25.1. The van der Waals surface area contributed by atoms with Crippen LogP contribution in [0.2, 0.25) is 5.02 Å². The number of amides is 3. The molecule has 0 spiro atoms. The fourth-order valence-electron chi connectivity index (χ4n) is 4.05. The Balaban J connectivity index is 1.48. The Hall–Kier alpha value is -3.59. The Bertz CT molecular complexity index is 1290. The number of hydrogen-bond acceptors (Lipinski definition) is 4. The molecule has 35 heavy (non-hydrogen) atoms. The number of halogens is 2. The SMILES string of the molecule is COc1ccc2c(c1)c(CC(=O)N[C@@H](CC1CC1)C(=O)NCc1cccc(Cl)c1F)cn2C(N)=O. The molecule has 1 aliphatic carbocycles. The fraction of sp³-hybridized carbons (Fsp3) is 0.320. The van der Waals surface area contributed by atoms with E-state index in [1.54, 1.807) is 30.3 Å². The number of fused-ring (bicyclic) bond motifs is 1. The van der Waals surface area contributed by atoms with E-state index < -0.39 is 23.8 Å². The fourth-order valence-corrected chi connectivity index (χ4v) is 4.25. The van der Waals surface area contributed by atoms with Gasteiger partial charge in [0, 0.05) is 23.7 Å². The van der Waals surface area contributed by atoms with Gasteiger partial charge in [-0.3, -0.25) is 14.2 Å². The molecular weight excluding hydrogens is 475 g/mol. The van der Waals surface area contributed by atoms with Crippen LogP contribution in [-0.4, -0.2) is 35.6 Å². The summed E-state index contributed by atoms with van der Waals surface area (Å²) in [6, 6.07) is 8.26. The Morgan fingerprint density at radius 3 is 2.69 bits per heavy atom. The van der Waals surface area contributed by atoms with Crippen LogP contribution >= 0.6 is 11.6 Å². The highest BCUT2D eigenvalue weighted by atomic mass is 35.5. The number of carbonyl (C=O) groups is 3. The zero-order valence-electron chi connectivity index (χ0n) is 19.1. The van der Waals surface area contributed by atoms with Gasteiger partial charge in [0.15, 0.2) is 0 Å². The lowest BCUT2D eigenvalue weighted by Gasteiger charge is -2.18. The van der Waals surface area contributed by atoms with Gasteiger partial charge in [-0.1, -0.05) is 36.6 Å². The molecule has 1 aliphatic rings. The molecule has 0 unspecified atom stereocenters. The highest BCUT2D eigenvalue weighted by Gasteiger charge is 2.30. The number of hydrogen-bond donors (Lipinski definition) is 3. The monoisotopic (exact) mass is 500 g/mol. The second kappa shape index (κ2) is 10.4. The number of nitrogens with zero attached hydrogens (tertiary/aromatic N) is 1. The summed E-state index contributed by atoms with van der Waals surface area (Å²) in [4.78, 5) is 37.7. The average Bonchev–Trinajstić information content (AvgIpc) is 3.58. The first-order valence-electron chi connectivity index (χ1n) is 11.2. The zero-order valence-corrected chi connectivity index (χ0v) is 19.9. The van der Waals surface area contributed by atoms with Crippen molar-refractivity contribution >= 4 is 40.3 Å². The number of ether oxygens (including phenoxy) is 1. The quantitative estimate of drug-likeness (QED) is 0.417. The van der Waals surface area contributed by atoms with Crippen LogP contribution in [-0.2, 0) is 22.6 Å². The molecular formula is C25H26ClFN4O4. The minimum Gasteiger partial charge on any atom is -0.497 e. The summed E-state index contributed by atoms with van der Waals surface area (Å²) < 4.78 is 20.7. The molecule has 8 nitrogen and oxygen atoms in total. The van der Waals surface area contributed by atoms with Crippen LogP contribution in [0.3, 0.4) is 0 Å². The third-order valence-corrected chi connectivity index (χ3v) is 6.38. The minimum absolute atomic E-state index is 0.0219. The van der Waals surface area contributed by atoms with Gasteiger partial charge in [-0.15, -0.1) is 0 Å². The number of methoxy groups -OCH3 is 1. The average molecular weight is 501 g/mol. The number of benzene rings is 2. The third kappa shape index (κ3) is 5.74. The van der Waals surface area contributed by atoms with E-state index in [4.69, 9.17) is 22.1 Å². The van der Waals surface area contributed by atoms with E-state index in [1.807, 2.05) is 0 Å². The second-order valence-electron chi connectivity index (χ2n) is 8.65. The Labute approximate surface area is 206 Å². The van der Waals surface area contributed by atoms with Crippen LogP contribution < -0.4 is 21.1 Å². The maximum atomic E-state index is 14.2. The maximum absolute atomic E-state index is 14.2. The van der Waals surface area contributed by atoms with E-state index in [2.05, 4.69) is 10.6 Å². The third-order valence-electron chi connectivity index (χ3n) is 6.08. The lowest BCUT2D eigenvalue weighted by molar-refractivity contribution is -0.129. The Morgan fingerprint density at radius 2 is 2.00 bits per heavy atom. The molecule has 184 valence electrons. The van der Waals surface area contributed by atoms with Crippen LogP contribution in [0, 0.1) is 11.7 Å². The van der Waals surface area contributed by atoms with E-state index in [0.29, 0.717) is 34.6 Å². The lowest BCUT2D eigenvalue weighted by Crippen LogP contribution is -2.47. The van der Waals surface area contributed by atoms with Crippen molar-refractivity contribution in [3.8, 4) is 5.75 Å². The summed E-state index contributed by atoms with van der Waals surface area (Å²) in [5, 5.41) is 6.13. The maximum Gasteiger partial charge on any atom is 0.323 e. The molecule has 0 saturated heterocycles. The Morgan fingerprint density at radius 1 is 1.23 bits per heavy atom. The Kier molecular flexibility index (Phi) is 7.25. The summed E-state index contributed by atoms with van der Waals surface area (Å²) >= 11 is 5.81. The first kappa shape index (κ1) is 24.5. The molecule has 1 fully saturated rings. The molecule has 4 rings (SSSR count). The van der Waals surface area contributed by atoms with Crippen molar-refractivity contribution < 1.29 is 23.5 Å². The van der Waals surface area contributed by atoms with E-state index in [9.17, 15) is 18.8 Å². The molecule has 0 radical (unpaired) electrons. The van der Waals surface area contributed by atoms with Gasteiger partial charge in [-0.2, -0.15) is 0 Å². The summed E-state index contributed by atoms with van der Waals surface area (Å²) in [7, 11) is 1.52. The van der Waals surface area contributed by atoms with Crippen molar-refractivity contribution in [1.29, 1.82) is 0 Å². The van der Waals surface area contributed by atoms with Crippen LogP contribution in [0.15, 0.2) is 42.6 Å². The highest BCUT2D eigenvalue weighted by molar-refractivity contribution is 6.30. The number of primary amides is 1. The van der Waals surface area contributed by atoms with Gasteiger partial charge in [0.05, 0.1) is 24.1 Å². The summed E-state index contributed by atoms with van der Waals surface area (Å²) in [6.07, 6.45) is 3.93. The number of nitrogens with one attached hydrogen (secondary N) is 2. The van der Waals surface area contributed by atoms with Crippen molar-refractivity contribution in [2.24, 2.45) is 11.7 Å². The number of nitrogens with two attached hydrogens (primary N) is 1. The lowest BCUT2D eigenvalue weighted by atomic mass is 10.1. The molecule has 0 bridgehead atoms. The van der Waals surface area contributed by atoms with Gasteiger partial charge in [0.1, 0.15) is 17.6 Å². The van der Waals surface area contributed by atoms with E-state index in [-0.39, 0.29) is 29.5 Å². The standard InChI is InChI=1S/C25H26ClFN4O4/c1-35-17-7-8-21-18(11-17)16(13-31(21)25(28)34)10-22(32)30-20(9-14-5-6-14)24(33)29-12-15-3-2-4-19(26)23(15)27/h2-4,7-8,11,13-14,20H,5-6,9-10,12H2,1H3,(H2,28,34)(H,29,33)(H,30,32)/t20-/m0/s1. The topological polar surface area (TPSA) is 115 Å². The summed E-state index contributed by atoms with van der Waals surface area (Å²) in [5.41, 5.74) is 6.87. The second-order valence-corrected chi connectivity index (χ2v) is 9.06. The first-order chi connectivity index (χ1) is 16.8. The van der Waals surface area contributed by atoms with Gasteiger partial charge >= 0.3 is 6.03 Å². The highest BCUT2D eigenvalue weighted by Crippen LogP contribution is 2.33. The molecule has 1 heterocycles. The number of carbonyl (C=O) groups excluding carboxylic acids is 3. The van der Waals surface area contributed by atoms with E-state index in [1.165, 1.54) is 23.9 Å². The summed E-state index contributed by atoms with van der Waals surface area (Å²) in [6.45, 7) is -0.0475. The molecule has 1 atom stereocenters. The van der Waals surface area contributed by atoms with Crippen LogP contribution in [0.4, 0.5) is 9.18 Å². The van der Waals surface area contributed by atoms with Gasteiger partial charge in [0.25, 0.3) is 0 Å². The van der Waals surface area contributed by atoms with Crippen molar-refractivity contribution in [3.63, 3.8) is 0 Å². The van der Waals surface area contributed by atoms with Gasteiger partial charge in [-0.05, 0) is 42.2 Å². The largest absolute Gasteiger partial charge is 0.497 e. The molecule has 4 N–H and O–H groups in total. The molecule has 10 heteroatoms. The van der Waals surface area contributed by atoms with Crippen LogP contribution in [0.25, 0.3) is 10.9 Å². The number of rotatable bonds is 9. The first-order valence-corrected chi connectivity index (χ1v) is 11.6. The van der Waals surface area contributed by atoms with Crippen molar-refractivity contribution in [2.45, 2.75) is 38.3 Å². The molecule has 1 saturated carbocycles. The van der Waals surface area contributed by atoms with E-state index in [0.717, 1.165) is 12.8 Å². The summed E-state index contributed by atoms with van der Waals surface area (Å²) in [5.74, 6) is -0.439. The molecule has 3 amide bonds. The van der Waals surface area contributed by atoms with Gasteiger partial charge in [0.2, 0.25) is 11.8 Å². The molecule has 1 aromatic heterocycles. The van der Waals surface area contributed by atoms with Crippen LogP contribution in [0.5, 0.6) is 5.75 Å². The molecule has 0 aliphatic heterocycles.